The Bertz CT molecular complexity index is 1070. The van der Waals surface area contributed by atoms with Crippen LogP contribution < -0.4 is 5.43 Å². The third kappa shape index (κ3) is 5.27. The molecule has 0 spiro atoms. The van der Waals surface area contributed by atoms with Crippen molar-refractivity contribution in [3.63, 3.8) is 0 Å². The number of ether oxygens (including phenoxy) is 1. The first-order chi connectivity index (χ1) is 15.2. The summed E-state index contributed by atoms with van der Waals surface area (Å²) in [5.41, 5.74) is 2.63. The lowest BCUT2D eigenvalue weighted by Crippen LogP contribution is -2.43. The van der Waals surface area contributed by atoms with Crippen LogP contribution in [0, 0.1) is 16.0 Å². The normalized spacial score (nSPS) is 16.4. The van der Waals surface area contributed by atoms with Crippen LogP contribution in [0.1, 0.15) is 34.1 Å². The molecule has 32 heavy (non-hydrogen) atoms. The number of carbonyl (C=O) groups is 4. The average Bonchev–Trinajstić information content (AvgIpc) is 3.14. The van der Waals surface area contributed by atoms with Crippen molar-refractivity contribution < 1.29 is 28.8 Å². The number of hydrogen-bond acceptors (Lipinski definition) is 7. The van der Waals surface area contributed by atoms with E-state index in [1.807, 2.05) is 0 Å². The van der Waals surface area contributed by atoms with Gasteiger partial charge in [0.2, 0.25) is 11.7 Å². The summed E-state index contributed by atoms with van der Waals surface area (Å²) < 4.78 is 5.23. The van der Waals surface area contributed by atoms with Gasteiger partial charge < -0.3 is 4.74 Å². The fraction of sp³-hybridized carbons (Fsp3) is 0.238. The standard InChI is InChI=1S/C21H18ClN3O7/c1-12(19(27)13-2-6-16(22)7-3-13)32-21(29)15-10-18(26)24(11-15)23-20(28)14-4-8-17(9-5-14)25(30)31/h2-9,12,15H,10-11H2,1H3,(H,23,28)/t12-,15+/m1/s1. The van der Waals surface area contributed by atoms with E-state index in [0.717, 1.165) is 5.01 Å². The minimum absolute atomic E-state index is 0.108. The monoisotopic (exact) mass is 459 g/mol. The summed E-state index contributed by atoms with van der Waals surface area (Å²) in [6, 6.07) is 11.0. The number of hydrazine groups is 1. The van der Waals surface area contributed by atoms with E-state index in [1.54, 1.807) is 12.1 Å². The molecule has 3 rings (SSSR count). The molecule has 1 aliphatic rings. The number of amides is 2. The number of nitro benzene ring substituents is 1. The molecule has 1 heterocycles. The van der Waals surface area contributed by atoms with E-state index in [2.05, 4.69) is 5.43 Å². The summed E-state index contributed by atoms with van der Waals surface area (Å²) in [5, 5.41) is 12.1. The molecule has 1 N–H and O–H groups in total. The van der Waals surface area contributed by atoms with Gasteiger partial charge in [0.05, 0.1) is 17.4 Å². The Labute approximate surface area is 187 Å². The minimum atomic E-state index is -1.07. The molecule has 2 aromatic rings. The molecule has 0 saturated carbocycles. The molecule has 1 saturated heterocycles. The van der Waals surface area contributed by atoms with Gasteiger partial charge in [0, 0.05) is 34.7 Å². The molecule has 1 fully saturated rings. The predicted octanol–water partition coefficient (Wildman–Crippen LogP) is 2.56. The Morgan fingerprint density at radius 1 is 1.12 bits per heavy atom. The van der Waals surface area contributed by atoms with Gasteiger partial charge in [-0.1, -0.05) is 11.6 Å². The summed E-state index contributed by atoms with van der Waals surface area (Å²) >= 11 is 5.80. The molecular formula is C21H18ClN3O7. The number of carbonyl (C=O) groups excluding carboxylic acids is 4. The van der Waals surface area contributed by atoms with Crippen LogP contribution in [0.3, 0.4) is 0 Å². The maximum absolute atomic E-state index is 12.4. The number of halogens is 1. The maximum atomic E-state index is 12.4. The number of Topliss-reactive ketones (excluding diaryl/α,β-unsaturated/α-hetero) is 1. The second-order valence-corrected chi connectivity index (χ2v) is 7.54. The molecule has 0 unspecified atom stereocenters. The summed E-state index contributed by atoms with van der Waals surface area (Å²) in [5.74, 6) is -3.17. The largest absolute Gasteiger partial charge is 0.454 e. The van der Waals surface area contributed by atoms with Crippen molar-refractivity contribution >= 4 is 40.9 Å². The van der Waals surface area contributed by atoms with E-state index >= 15 is 0 Å². The molecule has 11 heteroatoms. The lowest BCUT2D eigenvalue weighted by atomic mass is 10.1. The lowest BCUT2D eigenvalue weighted by Gasteiger charge is -2.18. The van der Waals surface area contributed by atoms with Crippen LogP contribution in [0.25, 0.3) is 0 Å². The summed E-state index contributed by atoms with van der Waals surface area (Å²) in [6.07, 6.45) is -1.26. The van der Waals surface area contributed by atoms with Crippen molar-refractivity contribution in [2.24, 2.45) is 5.92 Å². The zero-order valence-corrected chi connectivity index (χ0v) is 17.6. The number of hydrogen-bond donors (Lipinski definition) is 1. The third-order valence-electron chi connectivity index (χ3n) is 4.83. The van der Waals surface area contributed by atoms with Crippen LogP contribution in [0.15, 0.2) is 48.5 Å². The van der Waals surface area contributed by atoms with Crippen LogP contribution in [-0.4, -0.2) is 46.1 Å². The molecule has 166 valence electrons. The zero-order valence-electron chi connectivity index (χ0n) is 16.8. The smallest absolute Gasteiger partial charge is 0.312 e. The fourth-order valence-corrected chi connectivity index (χ4v) is 3.19. The Kier molecular flexibility index (Phi) is 6.84. The summed E-state index contributed by atoms with van der Waals surface area (Å²) in [6.45, 7) is 1.30. The van der Waals surface area contributed by atoms with Gasteiger partial charge in [-0.15, -0.1) is 0 Å². The number of nitro groups is 1. The van der Waals surface area contributed by atoms with Crippen LogP contribution in [-0.2, 0) is 14.3 Å². The highest BCUT2D eigenvalue weighted by Gasteiger charge is 2.37. The minimum Gasteiger partial charge on any atom is -0.454 e. The van der Waals surface area contributed by atoms with Crippen LogP contribution >= 0.6 is 11.6 Å². The number of nitrogens with zero attached hydrogens (tertiary/aromatic N) is 2. The van der Waals surface area contributed by atoms with Gasteiger partial charge in [0.15, 0.2) is 6.10 Å². The highest BCUT2D eigenvalue weighted by atomic mass is 35.5. The van der Waals surface area contributed by atoms with Gasteiger partial charge in [-0.2, -0.15) is 0 Å². The Morgan fingerprint density at radius 3 is 2.31 bits per heavy atom. The third-order valence-corrected chi connectivity index (χ3v) is 5.08. The van der Waals surface area contributed by atoms with Gasteiger partial charge in [-0.25, -0.2) is 0 Å². The molecule has 10 nitrogen and oxygen atoms in total. The van der Waals surface area contributed by atoms with Gasteiger partial charge in [0.1, 0.15) is 0 Å². The number of rotatable bonds is 7. The molecule has 2 amide bonds. The summed E-state index contributed by atoms with van der Waals surface area (Å²) in [7, 11) is 0. The first-order valence-corrected chi connectivity index (χ1v) is 9.89. The van der Waals surface area contributed by atoms with E-state index in [9.17, 15) is 29.3 Å². The molecule has 2 aromatic carbocycles. The molecule has 1 aliphatic heterocycles. The quantitative estimate of drug-likeness (QED) is 0.291. The number of non-ortho nitro benzene ring substituents is 1. The molecule has 0 bridgehead atoms. The van der Waals surface area contributed by atoms with Gasteiger partial charge in [-0.05, 0) is 43.3 Å². The fourth-order valence-electron chi connectivity index (χ4n) is 3.07. The highest BCUT2D eigenvalue weighted by molar-refractivity contribution is 6.30. The van der Waals surface area contributed by atoms with E-state index in [1.165, 1.54) is 43.3 Å². The van der Waals surface area contributed by atoms with Gasteiger partial charge in [0.25, 0.3) is 11.6 Å². The van der Waals surface area contributed by atoms with Crippen molar-refractivity contribution in [1.29, 1.82) is 0 Å². The van der Waals surface area contributed by atoms with E-state index in [-0.39, 0.29) is 24.2 Å². The van der Waals surface area contributed by atoms with Crippen molar-refractivity contribution in [3.05, 3.63) is 74.8 Å². The van der Waals surface area contributed by atoms with Crippen molar-refractivity contribution in [2.75, 3.05) is 6.54 Å². The maximum Gasteiger partial charge on any atom is 0.312 e. The molecule has 2 atom stereocenters. The SMILES string of the molecule is C[C@@H](OC(=O)[C@H]1CC(=O)N(NC(=O)c2ccc([N+](=O)[O-])cc2)C1)C(=O)c1ccc(Cl)cc1. The first kappa shape index (κ1) is 22.9. The second-order valence-electron chi connectivity index (χ2n) is 7.10. The van der Waals surface area contributed by atoms with E-state index in [0.29, 0.717) is 10.6 Å². The van der Waals surface area contributed by atoms with Crippen molar-refractivity contribution in [3.8, 4) is 0 Å². The predicted molar refractivity (Wildman–Crippen MR) is 112 cm³/mol. The van der Waals surface area contributed by atoms with Crippen LogP contribution in [0.2, 0.25) is 5.02 Å². The molecule has 0 aromatic heterocycles. The number of ketones is 1. The van der Waals surface area contributed by atoms with Crippen molar-refractivity contribution in [2.45, 2.75) is 19.4 Å². The topological polar surface area (TPSA) is 136 Å². The lowest BCUT2D eigenvalue weighted by molar-refractivity contribution is -0.384. The van der Waals surface area contributed by atoms with Crippen molar-refractivity contribution in [1.82, 2.24) is 10.4 Å². The number of nitrogens with one attached hydrogen (secondary N) is 1. The van der Waals surface area contributed by atoms with E-state index < -0.39 is 40.5 Å². The number of esters is 1. The number of benzene rings is 2. The van der Waals surface area contributed by atoms with E-state index in [4.69, 9.17) is 16.3 Å². The Morgan fingerprint density at radius 2 is 1.72 bits per heavy atom. The first-order valence-electron chi connectivity index (χ1n) is 9.51. The molecule has 0 aliphatic carbocycles. The molecular weight excluding hydrogens is 442 g/mol. The van der Waals surface area contributed by atoms with Crippen LogP contribution in [0.5, 0.6) is 0 Å². The Balaban J connectivity index is 1.56. The molecule has 0 radical (unpaired) electrons. The van der Waals surface area contributed by atoms with Gasteiger partial charge >= 0.3 is 5.97 Å². The second kappa shape index (κ2) is 9.56. The zero-order chi connectivity index (χ0) is 23.4. The van der Waals surface area contributed by atoms with Crippen LogP contribution in [0.4, 0.5) is 5.69 Å². The highest BCUT2D eigenvalue weighted by Crippen LogP contribution is 2.20. The Hall–Kier alpha value is -3.79. The summed E-state index contributed by atoms with van der Waals surface area (Å²) in [4.78, 5) is 59.5. The van der Waals surface area contributed by atoms with Gasteiger partial charge in [-0.3, -0.25) is 39.7 Å². The average molecular weight is 460 g/mol.